The number of aryl methyl sites for hydroxylation is 1. The number of aromatic nitrogens is 2. The lowest BCUT2D eigenvalue weighted by Gasteiger charge is -2.21. The Morgan fingerprint density at radius 1 is 1.20 bits per heavy atom. The Morgan fingerprint density at radius 2 is 2.15 bits per heavy atom. The number of hydrogen-bond donors (Lipinski definition) is 1. The molecule has 0 fully saturated rings. The zero-order valence-electron chi connectivity index (χ0n) is 11.1. The predicted molar refractivity (Wildman–Crippen MR) is 78.9 cm³/mol. The van der Waals surface area contributed by atoms with Gasteiger partial charge in [-0.05, 0) is 30.2 Å². The second-order valence-corrected chi connectivity index (χ2v) is 5.15. The standard InChI is InChI=1S/C17H14N2O/c1-11-8-13(10-18-9-11)14-5-7-20-17-15(14)3-2-12-4-6-19-16(12)17/h2-10,14,19H,1H3. The monoisotopic (exact) mass is 262 g/mol. The Bertz CT molecular complexity index is 817. The van der Waals surface area contributed by atoms with Crippen LogP contribution in [0.4, 0.5) is 0 Å². The van der Waals surface area contributed by atoms with Crippen molar-refractivity contribution in [3.63, 3.8) is 0 Å². The van der Waals surface area contributed by atoms with E-state index in [0.29, 0.717) is 0 Å². The second kappa shape index (κ2) is 4.23. The lowest BCUT2D eigenvalue weighted by molar-refractivity contribution is 0.464. The summed E-state index contributed by atoms with van der Waals surface area (Å²) in [6, 6.07) is 8.50. The smallest absolute Gasteiger partial charge is 0.154 e. The molecule has 0 spiro atoms. The van der Waals surface area contributed by atoms with Crippen molar-refractivity contribution < 1.29 is 4.74 Å². The number of benzene rings is 1. The average Bonchev–Trinajstić information content (AvgIpc) is 2.95. The van der Waals surface area contributed by atoms with Gasteiger partial charge in [0, 0.05) is 35.5 Å². The van der Waals surface area contributed by atoms with Gasteiger partial charge in [0.15, 0.2) is 5.75 Å². The molecule has 3 heterocycles. The minimum Gasteiger partial charge on any atom is -0.463 e. The number of ether oxygens (including phenoxy) is 1. The Morgan fingerprint density at radius 3 is 3.05 bits per heavy atom. The number of aromatic amines is 1. The third-order valence-electron chi connectivity index (χ3n) is 3.76. The largest absolute Gasteiger partial charge is 0.463 e. The molecule has 0 radical (unpaired) electrons. The van der Waals surface area contributed by atoms with Crippen LogP contribution < -0.4 is 4.74 Å². The van der Waals surface area contributed by atoms with Crippen LogP contribution in [0.25, 0.3) is 10.9 Å². The molecule has 98 valence electrons. The number of pyridine rings is 1. The number of H-pyrrole nitrogens is 1. The van der Waals surface area contributed by atoms with Crippen molar-refractivity contribution in [3.05, 3.63) is 71.9 Å². The number of nitrogens with one attached hydrogen (secondary N) is 1. The van der Waals surface area contributed by atoms with E-state index in [1.54, 1.807) is 6.26 Å². The minimum atomic E-state index is 0.193. The van der Waals surface area contributed by atoms with Crippen LogP contribution in [0.15, 0.2) is 55.2 Å². The molecule has 20 heavy (non-hydrogen) atoms. The van der Waals surface area contributed by atoms with Crippen molar-refractivity contribution in [1.82, 2.24) is 9.97 Å². The Hall–Kier alpha value is -2.55. The molecule has 3 nitrogen and oxygen atoms in total. The van der Waals surface area contributed by atoms with Crippen LogP contribution in [0.1, 0.15) is 22.6 Å². The average molecular weight is 262 g/mol. The van der Waals surface area contributed by atoms with Crippen molar-refractivity contribution in [2.75, 3.05) is 0 Å². The zero-order chi connectivity index (χ0) is 13.5. The summed E-state index contributed by atoms with van der Waals surface area (Å²) in [5.41, 5.74) is 4.59. The highest BCUT2D eigenvalue weighted by Gasteiger charge is 2.22. The molecule has 1 aliphatic rings. The van der Waals surface area contributed by atoms with E-state index in [0.717, 1.165) is 11.3 Å². The summed E-state index contributed by atoms with van der Waals surface area (Å²) in [7, 11) is 0. The van der Waals surface area contributed by atoms with E-state index in [1.165, 1.54) is 22.1 Å². The van der Waals surface area contributed by atoms with Crippen molar-refractivity contribution in [2.45, 2.75) is 12.8 Å². The van der Waals surface area contributed by atoms with Crippen molar-refractivity contribution >= 4 is 10.9 Å². The van der Waals surface area contributed by atoms with E-state index in [-0.39, 0.29) is 5.92 Å². The Kier molecular flexibility index (Phi) is 2.39. The highest BCUT2D eigenvalue weighted by molar-refractivity contribution is 5.87. The lowest BCUT2D eigenvalue weighted by Crippen LogP contribution is -2.06. The quantitative estimate of drug-likeness (QED) is 0.722. The van der Waals surface area contributed by atoms with E-state index in [9.17, 15) is 0 Å². The van der Waals surface area contributed by atoms with Crippen LogP contribution in [-0.2, 0) is 0 Å². The van der Waals surface area contributed by atoms with E-state index in [2.05, 4.69) is 47.2 Å². The molecule has 1 atom stereocenters. The van der Waals surface area contributed by atoms with Crippen LogP contribution in [0.2, 0.25) is 0 Å². The van der Waals surface area contributed by atoms with Crippen molar-refractivity contribution in [1.29, 1.82) is 0 Å². The molecular weight excluding hydrogens is 248 g/mol. The molecular formula is C17H14N2O. The number of rotatable bonds is 1. The van der Waals surface area contributed by atoms with Gasteiger partial charge in [0.05, 0.1) is 11.8 Å². The topological polar surface area (TPSA) is 37.9 Å². The molecule has 0 saturated carbocycles. The Labute approximate surface area is 116 Å². The van der Waals surface area contributed by atoms with Gasteiger partial charge in [0.2, 0.25) is 0 Å². The van der Waals surface area contributed by atoms with Gasteiger partial charge in [-0.2, -0.15) is 0 Å². The summed E-state index contributed by atoms with van der Waals surface area (Å²) in [5, 5.41) is 1.17. The van der Waals surface area contributed by atoms with Crippen LogP contribution in [-0.4, -0.2) is 9.97 Å². The number of nitrogens with zero attached hydrogens (tertiary/aromatic N) is 1. The maximum atomic E-state index is 5.74. The van der Waals surface area contributed by atoms with Gasteiger partial charge in [0.1, 0.15) is 0 Å². The van der Waals surface area contributed by atoms with Gasteiger partial charge in [-0.3, -0.25) is 4.98 Å². The van der Waals surface area contributed by atoms with Crippen LogP contribution in [0, 0.1) is 6.92 Å². The summed E-state index contributed by atoms with van der Waals surface area (Å²) >= 11 is 0. The molecule has 1 aromatic carbocycles. The van der Waals surface area contributed by atoms with Gasteiger partial charge in [-0.15, -0.1) is 0 Å². The fourth-order valence-electron chi connectivity index (χ4n) is 2.82. The van der Waals surface area contributed by atoms with Gasteiger partial charge in [-0.1, -0.05) is 18.2 Å². The number of hydrogen-bond acceptors (Lipinski definition) is 2. The van der Waals surface area contributed by atoms with Gasteiger partial charge in [0.25, 0.3) is 0 Å². The molecule has 0 bridgehead atoms. The van der Waals surface area contributed by atoms with Crippen molar-refractivity contribution in [3.8, 4) is 5.75 Å². The second-order valence-electron chi connectivity index (χ2n) is 5.15. The maximum absolute atomic E-state index is 5.74. The van der Waals surface area contributed by atoms with Crippen LogP contribution in [0.5, 0.6) is 5.75 Å². The maximum Gasteiger partial charge on any atom is 0.154 e. The van der Waals surface area contributed by atoms with Crippen molar-refractivity contribution in [2.24, 2.45) is 0 Å². The molecule has 0 aliphatic carbocycles. The fraction of sp³-hybridized carbons (Fsp3) is 0.118. The minimum absolute atomic E-state index is 0.193. The first-order valence-corrected chi connectivity index (χ1v) is 6.68. The molecule has 0 saturated heterocycles. The molecule has 3 heteroatoms. The summed E-state index contributed by atoms with van der Waals surface area (Å²) in [4.78, 5) is 7.56. The number of allylic oxidation sites excluding steroid dienone is 1. The molecule has 4 rings (SSSR count). The third-order valence-corrected chi connectivity index (χ3v) is 3.76. The first-order chi connectivity index (χ1) is 9.83. The van der Waals surface area contributed by atoms with E-state index in [4.69, 9.17) is 4.74 Å². The summed E-state index contributed by atoms with van der Waals surface area (Å²) < 4.78 is 5.74. The molecule has 1 unspecified atom stereocenters. The van der Waals surface area contributed by atoms with Gasteiger partial charge >= 0.3 is 0 Å². The lowest BCUT2D eigenvalue weighted by atomic mass is 9.89. The van der Waals surface area contributed by atoms with Gasteiger partial charge < -0.3 is 9.72 Å². The highest BCUT2D eigenvalue weighted by Crippen LogP contribution is 2.40. The SMILES string of the molecule is Cc1cncc(C2C=COc3c2ccc2cc[nH]c32)c1. The third kappa shape index (κ3) is 1.63. The summed E-state index contributed by atoms with van der Waals surface area (Å²) in [5.74, 6) is 1.11. The van der Waals surface area contributed by atoms with Crippen LogP contribution >= 0.6 is 0 Å². The molecule has 1 N–H and O–H groups in total. The first-order valence-electron chi connectivity index (χ1n) is 6.68. The van der Waals surface area contributed by atoms with E-state index >= 15 is 0 Å². The van der Waals surface area contributed by atoms with Gasteiger partial charge in [-0.25, -0.2) is 0 Å². The summed E-state index contributed by atoms with van der Waals surface area (Å²) in [6.07, 6.45) is 9.59. The van der Waals surface area contributed by atoms with E-state index < -0.39 is 0 Å². The molecule has 3 aromatic rings. The normalized spacial score (nSPS) is 16.9. The molecule has 0 amide bonds. The highest BCUT2D eigenvalue weighted by atomic mass is 16.5. The Balaban J connectivity index is 1.92. The van der Waals surface area contributed by atoms with Crippen LogP contribution in [0.3, 0.4) is 0 Å². The zero-order valence-corrected chi connectivity index (χ0v) is 11.1. The first kappa shape index (κ1) is 11.3. The fourth-order valence-corrected chi connectivity index (χ4v) is 2.82. The molecule has 1 aliphatic heterocycles. The summed E-state index contributed by atoms with van der Waals surface area (Å²) in [6.45, 7) is 2.06. The predicted octanol–water partition coefficient (Wildman–Crippen LogP) is 3.91. The van der Waals surface area contributed by atoms with E-state index in [1.807, 2.05) is 18.6 Å². The molecule has 2 aromatic heterocycles. The number of fused-ring (bicyclic) bond motifs is 3.